The molecule has 86 valence electrons. The van der Waals surface area contributed by atoms with Crippen LogP contribution in [0.4, 0.5) is 0 Å². The Morgan fingerprint density at radius 2 is 2.00 bits per heavy atom. The van der Waals surface area contributed by atoms with E-state index in [2.05, 4.69) is 6.58 Å². The lowest BCUT2D eigenvalue weighted by molar-refractivity contribution is -0.138. The molecule has 0 N–H and O–H groups in total. The molecule has 0 atom stereocenters. The second-order valence-corrected chi connectivity index (χ2v) is 4.41. The second kappa shape index (κ2) is 8.64. The van der Waals surface area contributed by atoms with Gasteiger partial charge in [-0.1, -0.05) is 12.6 Å². The highest BCUT2D eigenvalue weighted by Crippen LogP contribution is 1.99. The van der Waals surface area contributed by atoms with Crippen molar-refractivity contribution in [3.8, 4) is 0 Å². The molecular weight excluding hydrogens is 212 g/mol. The third kappa shape index (κ3) is 7.30. The largest absolute Gasteiger partial charge is 0.462 e. The van der Waals surface area contributed by atoms with Gasteiger partial charge in [0.2, 0.25) is 0 Å². The number of carbonyl (C=O) groups excluding carboxylic acids is 1. The molecule has 5 heteroatoms. The van der Waals surface area contributed by atoms with Gasteiger partial charge in [0.1, 0.15) is 15.4 Å². The number of hydrogen-bond donors (Lipinski definition) is 0. The lowest BCUT2D eigenvalue weighted by atomic mass is 10.4. The SMILES string of the molecule is C=C(C)C(=O)OCCC[Si]C(OC)OC. The Labute approximate surface area is 93.4 Å². The highest BCUT2D eigenvalue weighted by Gasteiger charge is 2.06. The summed E-state index contributed by atoms with van der Waals surface area (Å²) >= 11 is 0. The number of esters is 1. The van der Waals surface area contributed by atoms with Crippen molar-refractivity contribution in [2.75, 3.05) is 20.8 Å². The van der Waals surface area contributed by atoms with Crippen LogP contribution in [0.15, 0.2) is 12.2 Å². The summed E-state index contributed by atoms with van der Waals surface area (Å²) in [4.78, 5) is 11.0. The Hall–Kier alpha value is -0.653. The lowest BCUT2D eigenvalue weighted by Crippen LogP contribution is -2.21. The smallest absolute Gasteiger partial charge is 0.333 e. The first-order chi connectivity index (χ1) is 7.11. The van der Waals surface area contributed by atoms with Gasteiger partial charge in [0.15, 0.2) is 0 Å². The van der Waals surface area contributed by atoms with Crippen LogP contribution in [0.3, 0.4) is 0 Å². The van der Waals surface area contributed by atoms with Crippen molar-refractivity contribution in [2.45, 2.75) is 25.3 Å². The van der Waals surface area contributed by atoms with Gasteiger partial charge in [-0.25, -0.2) is 4.79 Å². The molecule has 0 rings (SSSR count). The normalized spacial score (nSPS) is 10.4. The Bertz CT molecular complexity index is 202. The molecule has 0 amide bonds. The van der Waals surface area contributed by atoms with E-state index in [1.54, 1.807) is 21.1 Å². The van der Waals surface area contributed by atoms with Crippen LogP contribution in [0.5, 0.6) is 0 Å². The van der Waals surface area contributed by atoms with Crippen molar-refractivity contribution < 1.29 is 19.0 Å². The molecule has 0 saturated heterocycles. The Balaban J connectivity index is 3.39. The number of hydrogen-bond acceptors (Lipinski definition) is 4. The van der Waals surface area contributed by atoms with E-state index in [0.717, 1.165) is 12.5 Å². The fourth-order valence-corrected chi connectivity index (χ4v) is 1.76. The molecule has 0 aliphatic carbocycles. The summed E-state index contributed by atoms with van der Waals surface area (Å²) in [5.41, 5.74) is 0.434. The minimum Gasteiger partial charge on any atom is -0.462 e. The van der Waals surface area contributed by atoms with Gasteiger partial charge in [-0.3, -0.25) is 0 Å². The summed E-state index contributed by atoms with van der Waals surface area (Å²) in [5.74, 6) is -0.463. The number of methoxy groups -OCH3 is 2. The highest BCUT2D eigenvalue weighted by atomic mass is 28.2. The fourth-order valence-electron chi connectivity index (χ4n) is 0.843. The van der Waals surface area contributed by atoms with Crippen LogP contribution in [0.25, 0.3) is 0 Å². The molecule has 0 heterocycles. The molecule has 0 aromatic rings. The van der Waals surface area contributed by atoms with Crippen LogP contribution in [0.1, 0.15) is 13.3 Å². The summed E-state index contributed by atoms with van der Waals surface area (Å²) in [7, 11) is 3.79. The molecule has 0 saturated carbocycles. The molecule has 0 bridgehead atoms. The van der Waals surface area contributed by atoms with Gasteiger partial charge >= 0.3 is 5.97 Å². The van der Waals surface area contributed by atoms with Crippen LogP contribution in [-0.2, 0) is 19.0 Å². The minimum absolute atomic E-state index is 0.137. The maximum atomic E-state index is 11.0. The van der Waals surface area contributed by atoms with Crippen LogP contribution < -0.4 is 0 Å². The Kier molecular flexibility index (Phi) is 8.26. The Morgan fingerprint density at radius 1 is 1.40 bits per heavy atom. The van der Waals surface area contributed by atoms with Crippen LogP contribution >= 0.6 is 0 Å². The maximum Gasteiger partial charge on any atom is 0.333 e. The number of rotatable bonds is 8. The van der Waals surface area contributed by atoms with Gasteiger partial charge in [-0.2, -0.15) is 0 Å². The van der Waals surface area contributed by atoms with Crippen molar-refractivity contribution in [3.63, 3.8) is 0 Å². The summed E-state index contributed by atoms with van der Waals surface area (Å²) in [5, 5.41) is 0. The number of carbonyl (C=O) groups is 1. The molecule has 0 spiro atoms. The molecule has 0 fully saturated rings. The Morgan fingerprint density at radius 3 is 2.47 bits per heavy atom. The fraction of sp³-hybridized carbons (Fsp3) is 0.700. The van der Waals surface area contributed by atoms with E-state index in [4.69, 9.17) is 14.2 Å². The van der Waals surface area contributed by atoms with E-state index in [0.29, 0.717) is 21.7 Å². The minimum atomic E-state index is -0.326. The predicted octanol–water partition coefficient (Wildman–Crippen LogP) is 1.19. The van der Waals surface area contributed by atoms with Crippen molar-refractivity contribution in [2.24, 2.45) is 0 Å². The van der Waals surface area contributed by atoms with Gasteiger partial charge in [-0.15, -0.1) is 0 Å². The molecule has 0 aliphatic rings. The molecular formula is C10H18O4Si. The monoisotopic (exact) mass is 230 g/mol. The van der Waals surface area contributed by atoms with Crippen LogP contribution in [-0.4, -0.2) is 42.2 Å². The van der Waals surface area contributed by atoms with Crippen LogP contribution in [0.2, 0.25) is 6.04 Å². The van der Waals surface area contributed by atoms with Crippen LogP contribution in [0, 0.1) is 0 Å². The van der Waals surface area contributed by atoms with Gasteiger partial charge in [-0.05, 0) is 13.3 Å². The molecule has 0 aliphatic heterocycles. The summed E-state index contributed by atoms with van der Waals surface area (Å²) in [6.45, 7) is 5.56. The molecule has 0 aromatic carbocycles. The topological polar surface area (TPSA) is 44.8 Å². The van der Waals surface area contributed by atoms with E-state index in [1.807, 2.05) is 0 Å². The molecule has 15 heavy (non-hydrogen) atoms. The quantitative estimate of drug-likeness (QED) is 0.207. The summed E-state index contributed by atoms with van der Waals surface area (Å²) in [6, 6.07) is 0.926. The van der Waals surface area contributed by atoms with Gasteiger partial charge in [0, 0.05) is 19.8 Å². The third-order valence-corrected chi connectivity index (χ3v) is 3.09. The van der Waals surface area contributed by atoms with E-state index >= 15 is 0 Å². The molecule has 2 radical (unpaired) electrons. The zero-order chi connectivity index (χ0) is 11.7. The average molecular weight is 230 g/mol. The van der Waals surface area contributed by atoms with E-state index < -0.39 is 0 Å². The van der Waals surface area contributed by atoms with Crippen molar-refractivity contribution in [3.05, 3.63) is 12.2 Å². The maximum absolute atomic E-state index is 11.0. The summed E-state index contributed by atoms with van der Waals surface area (Å²) in [6.07, 6.45) is 0.820. The first-order valence-electron chi connectivity index (χ1n) is 4.73. The van der Waals surface area contributed by atoms with Gasteiger partial charge in [0.25, 0.3) is 0 Å². The van der Waals surface area contributed by atoms with E-state index in [-0.39, 0.29) is 11.9 Å². The standard InChI is InChI=1S/C10H18O4Si/c1-8(2)9(11)14-6-5-7-15-10(12-3)13-4/h10H,1,5-7H2,2-4H3. The highest BCUT2D eigenvalue weighted by molar-refractivity contribution is 6.36. The van der Waals surface area contributed by atoms with Crippen molar-refractivity contribution >= 4 is 15.5 Å². The first kappa shape index (κ1) is 14.3. The zero-order valence-electron chi connectivity index (χ0n) is 9.54. The zero-order valence-corrected chi connectivity index (χ0v) is 10.5. The van der Waals surface area contributed by atoms with E-state index in [9.17, 15) is 4.79 Å². The third-order valence-electron chi connectivity index (χ3n) is 1.64. The van der Waals surface area contributed by atoms with E-state index in [1.165, 1.54) is 0 Å². The molecule has 0 unspecified atom stereocenters. The lowest BCUT2D eigenvalue weighted by Gasteiger charge is -2.11. The molecule has 4 nitrogen and oxygen atoms in total. The molecule has 0 aromatic heterocycles. The van der Waals surface area contributed by atoms with Gasteiger partial charge < -0.3 is 14.2 Å². The van der Waals surface area contributed by atoms with Crippen molar-refractivity contribution in [1.29, 1.82) is 0 Å². The second-order valence-electron chi connectivity index (χ2n) is 3.03. The first-order valence-corrected chi connectivity index (χ1v) is 6.02. The van der Waals surface area contributed by atoms with Gasteiger partial charge in [0.05, 0.1) is 6.61 Å². The summed E-state index contributed by atoms with van der Waals surface area (Å²) < 4.78 is 15.0. The predicted molar refractivity (Wildman–Crippen MR) is 58.8 cm³/mol. The van der Waals surface area contributed by atoms with Crippen molar-refractivity contribution in [1.82, 2.24) is 0 Å². The average Bonchev–Trinajstić information content (AvgIpc) is 2.23. The number of ether oxygens (including phenoxy) is 3.